The molecule has 0 spiro atoms. The number of hydrogen-bond donors (Lipinski definition) is 4. The number of aliphatic hydroxyl groups is 2. The summed E-state index contributed by atoms with van der Waals surface area (Å²) in [5, 5.41) is 23.4. The van der Waals surface area contributed by atoms with Crippen LogP contribution in [0.3, 0.4) is 0 Å². The van der Waals surface area contributed by atoms with Gasteiger partial charge in [0.15, 0.2) is 0 Å². The number of methoxy groups -OCH3 is 1. The van der Waals surface area contributed by atoms with E-state index >= 15 is 0 Å². The highest BCUT2D eigenvalue weighted by atomic mass is 16.5. The van der Waals surface area contributed by atoms with Gasteiger partial charge in [-0.15, -0.1) is 0 Å². The number of carbonyl (C=O) groups excluding carboxylic acids is 2. The highest BCUT2D eigenvalue weighted by Gasteiger charge is 2.32. The summed E-state index contributed by atoms with van der Waals surface area (Å²) in [7, 11) is 1.60. The Hall–Kier alpha value is -2.16. The quantitative estimate of drug-likeness (QED) is 0.471. The van der Waals surface area contributed by atoms with Gasteiger partial charge in [0.1, 0.15) is 5.75 Å². The Morgan fingerprint density at radius 3 is 2.88 bits per heavy atom. The fourth-order valence-electron chi connectivity index (χ4n) is 2.79. The van der Waals surface area contributed by atoms with Crippen LogP contribution in [0.2, 0.25) is 0 Å². The molecular weight excluding hydrogens is 326 g/mol. The Balaban J connectivity index is 2.04. The first-order valence-corrected chi connectivity index (χ1v) is 8.23. The van der Waals surface area contributed by atoms with Crippen molar-refractivity contribution < 1.29 is 24.5 Å². The molecule has 1 fully saturated rings. The normalized spacial score (nSPS) is 18.1. The molecule has 2 amide bonds. The van der Waals surface area contributed by atoms with Gasteiger partial charge in [0.2, 0.25) is 11.8 Å². The zero-order valence-electron chi connectivity index (χ0n) is 14.3. The van der Waals surface area contributed by atoms with E-state index in [2.05, 4.69) is 10.6 Å². The number of aliphatic hydroxyl groups excluding tert-OH is 2. The van der Waals surface area contributed by atoms with Crippen LogP contribution >= 0.6 is 0 Å². The van der Waals surface area contributed by atoms with E-state index < -0.39 is 12.1 Å². The van der Waals surface area contributed by atoms with Crippen molar-refractivity contribution in [1.29, 1.82) is 0 Å². The molecule has 1 aromatic rings. The Bertz CT molecular complexity index is 591. The molecule has 0 saturated carbocycles. The van der Waals surface area contributed by atoms with Gasteiger partial charge in [-0.1, -0.05) is 12.1 Å². The van der Waals surface area contributed by atoms with Crippen molar-refractivity contribution in [3.05, 3.63) is 29.8 Å². The van der Waals surface area contributed by atoms with Gasteiger partial charge >= 0.3 is 0 Å². The summed E-state index contributed by atoms with van der Waals surface area (Å²) in [5.74, 6) is 0.154. The number of rotatable bonds is 8. The maximum absolute atomic E-state index is 12.2. The van der Waals surface area contributed by atoms with E-state index in [1.807, 2.05) is 29.2 Å². The average Bonchev–Trinajstić information content (AvgIpc) is 2.62. The van der Waals surface area contributed by atoms with Crippen LogP contribution in [0.15, 0.2) is 24.3 Å². The van der Waals surface area contributed by atoms with Crippen molar-refractivity contribution in [3.8, 4) is 5.75 Å². The molecule has 0 unspecified atom stereocenters. The molecular formula is C17H25N3O5. The molecule has 138 valence electrons. The van der Waals surface area contributed by atoms with E-state index in [9.17, 15) is 9.59 Å². The smallest absolute Gasteiger partial charge is 0.237 e. The zero-order valence-corrected chi connectivity index (χ0v) is 14.3. The van der Waals surface area contributed by atoms with Crippen LogP contribution in [0, 0.1) is 0 Å². The third-order valence-electron chi connectivity index (χ3n) is 4.15. The number of benzene rings is 1. The second-order valence-corrected chi connectivity index (χ2v) is 5.96. The van der Waals surface area contributed by atoms with Crippen LogP contribution in [0.4, 0.5) is 0 Å². The highest BCUT2D eigenvalue weighted by Crippen LogP contribution is 2.18. The first kappa shape index (κ1) is 19.2. The Morgan fingerprint density at radius 1 is 1.44 bits per heavy atom. The molecule has 0 bridgehead atoms. The van der Waals surface area contributed by atoms with E-state index in [4.69, 9.17) is 14.9 Å². The van der Waals surface area contributed by atoms with Crippen LogP contribution in [0.1, 0.15) is 12.0 Å². The van der Waals surface area contributed by atoms with Gasteiger partial charge in [0.05, 0.1) is 38.8 Å². The summed E-state index contributed by atoms with van der Waals surface area (Å²) in [6, 6.07) is 6.26. The largest absolute Gasteiger partial charge is 0.497 e. The number of amides is 2. The summed E-state index contributed by atoms with van der Waals surface area (Å²) in [6.07, 6.45) is -0.0354. The average molecular weight is 351 g/mol. The molecule has 8 nitrogen and oxygen atoms in total. The molecule has 1 atom stereocenters. The van der Waals surface area contributed by atoms with Gasteiger partial charge in [-0.2, -0.15) is 0 Å². The van der Waals surface area contributed by atoms with Crippen LogP contribution in [-0.4, -0.2) is 72.4 Å². The topological polar surface area (TPSA) is 111 Å². The Kier molecular flexibility index (Phi) is 7.17. The molecule has 0 aliphatic carbocycles. The Morgan fingerprint density at radius 2 is 2.20 bits per heavy atom. The van der Waals surface area contributed by atoms with Crippen molar-refractivity contribution in [2.45, 2.75) is 25.0 Å². The zero-order chi connectivity index (χ0) is 18.2. The van der Waals surface area contributed by atoms with Gasteiger partial charge in [-0.25, -0.2) is 0 Å². The fraction of sp³-hybridized carbons (Fsp3) is 0.529. The van der Waals surface area contributed by atoms with E-state index in [-0.39, 0.29) is 31.4 Å². The van der Waals surface area contributed by atoms with Gasteiger partial charge < -0.3 is 25.6 Å². The summed E-state index contributed by atoms with van der Waals surface area (Å²) in [4.78, 5) is 26.3. The summed E-state index contributed by atoms with van der Waals surface area (Å²) >= 11 is 0. The van der Waals surface area contributed by atoms with Crippen LogP contribution in [0.5, 0.6) is 5.75 Å². The van der Waals surface area contributed by atoms with Gasteiger partial charge in [0, 0.05) is 19.6 Å². The predicted octanol–water partition coefficient (Wildman–Crippen LogP) is -1.14. The lowest BCUT2D eigenvalue weighted by atomic mass is 10.1. The van der Waals surface area contributed by atoms with Crippen molar-refractivity contribution in [1.82, 2.24) is 15.5 Å². The molecule has 1 aliphatic rings. The van der Waals surface area contributed by atoms with E-state index in [1.165, 1.54) is 0 Å². The van der Waals surface area contributed by atoms with Crippen LogP contribution in [-0.2, 0) is 16.1 Å². The van der Waals surface area contributed by atoms with E-state index in [0.29, 0.717) is 19.6 Å². The lowest BCUT2D eigenvalue weighted by molar-refractivity contribution is -0.134. The third kappa shape index (κ3) is 5.42. The lowest BCUT2D eigenvalue weighted by Gasteiger charge is -2.35. The monoisotopic (exact) mass is 351 g/mol. The summed E-state index contributed by atoms with van der Waals surface area (Å²) < 4.78 is 5.22. The molecule has 2 rings (SSSR count). The molecule has 1 aromatic carbocycles. The second-order valence-electron chi connectivity index (χ2n) is 5.96. The minimum absolute atomic E-state index is 0.0354. The number of carbonyl (C=O) groups is 2. The number of hydrogen-bond acceptors (Lipinski definition) is 6. The molecule has 1 heterocycles. The second kappa shape index (κ2) is 9.36. The molecule has 25 heavy (non-hydrogen) atoms. The highest BCUT2D eigenvalue weighted by molar-refractivity contribution is 5.88. The third-order valence-corrected chi connectivity index (χ3v) is 4.15. The predicted molar refractivity (Wildman–Crippen MR) is 90.9 cm³/mol. The molecule has 0 radical (unpaired) electrons. The molecule has 0 aromatic heterocycles. The maximum Gasteiger partial charge on any atom is 0.237 e. The van der Waals surface area contributed by atoms with E-state index in [0.717, 1.165) is 11.3 Å². The SMILES string of the molecule is COc1cccc(CN2CCNC(=O)[C@@H]2CC(=O)NC(CO)CO)c1. The number of ether oxygens (including phenoxy) is 1. The number of piperazine rings is 1. The number of nitrogens with one attached hydrogen (secondary N) is 2. The van der Waals surface area contributed by atoms with Crippen molar-refractivity contribution in [3.63, 3.8) is 0 Å². The van der Waals surface area contributed by atoms with Crippen molar-refractivity contribution >= 4 is 11.8 Å². The first-order valence-electron chi connectivity index (χ1n) is 8.23. The standard InChI is InChI=1S/C17H25N3O5/c1-25-14-4-2-3-12(7-14)9-20-6-5-18-17(24)15(20)8-16(23)19-13(10-21)11-22/h2-4,7,13,15,21-22H,5-6,8-11H2,1H3,(H,18,24)(H,19,23)/t15-/m0/s1. The summed E-state index contributed by atoms with van der Waals surface area (Å²) in [5.41, 5.74) is 0.989. The van der Waals surface area contributed by atoms with Gasteiger partial charge in [0.25, 0.3) is 0 Å². The lowest BCUT2D eigenvalue weighted by Crippen LogP contribution is -2.56. The minimum atomic E-state index is -0.717. The van der Waals surface area contributed by atoms with Crippen LogP contribution < -0.4 is 15.4 Å². The van der Waals surface area contributed by atoms with Crippen molar-refractivity contribution in [2.75, 3.05) is 33.4 Å². The van der Waals surface area contributed by atoms with Gasteiger partial charge in [-0.05, 0) is 17.7 Å². The minimum Gasteiger partial charge on any atom is -0.497 e. The first-order chi connectivity index (χ1) is 12.1. The molecule has 4 N–H and O–H groups in total. The fourth-order valence-corrected chi connectivity index (χ4v) is 2.79. The summed E-state index contributed by atoms with van der Waals surface area (Å²) in [6.45, 7) is 0.965. The van der Waals surface area contributed by atoms with Gasteiger partial charge in [-0.3, -0.25) is 14.5 Å². The van der Waals surface area contributed by atoms with E-state index in [1.54, 1.807) is 7.11 Å². The number of nitrogens with zero attached hydrogens (tertiary/aromatic N) is 1. The Labute approximate surface area is 146 Å². The molecule has 8 heteroatoms. The molecule has 1 aliphatic heterocycles. The molecule has 1 saturated heterocycles. The van der Waals surface area contributed by atoms with Crippen molar-refractivity contribution in [2.24, 2.45) is 0 Å². The van der Waals surface area contributed by atoms with Crippen LogP contribution in [0.25, 0.3) is 0 Å². The maximum atomic E-state index is 12.2.